The zero-order valence-electron chi connectivity index (χ0n) is 9.10. The summed E-state index contributed by atoms with van der Waals surface area (Å²) in [5.74, 6) is 1.63. The average molecular weight is 205 g/mol. The van der Waals surface area contributed by atoms with Crippen LogP contribution >= 0.6 is 0 Å². The topological polar surface area (TPSA) is 49.2 Å². The van der Waals surface area contributed by atoms with Crippen LogP contribution in [0, 0.1) is 11.3 Å². The van der Waals surface area contributed by atoms with Gasteiger partial charge in [0.1, 0.15) is 11.6 Å². The largest absolute Gasteiger partial charge is 0.495 e. The van der Waals surface area contributed by atoms with Crippen LogP contribution in [0.25, 0.3) is 0 Å². The molecule has 4 heteroatoms. The molecule has 0 N–H and O–H groups in total. The van der Waals surface area contributed by atoms with Crippen LogP contribution in [0.3, 0.4) is 0 Å². The minimum Gasteiger partial charge on any atom is -0.495 e. The van der Waals surface area contributed by atoms with Crippen LogP contribution in [0.15, 0.2) is 18.3 Å². The van der Waals surface area contributed by atoms with Gasteiger partial charge in [-0.1, -0.05) is 0 Å². The molecule has 0 saturated heterocycles. The van der Waals surface area contributed by atoms with Crippen molar-refractivity contribution in [3.8, 4) is 11.8 Å². The van der Waals surface area contributed by atoms with E-state index in [1.807, 2.05) is 19.1 Å². The Morgan fingerprint density at radius 3 is 2.80 bits per heavy atom. The number of hydrogen-bond donors (Lipinski definition) is 0. The Labute approximate surface area is 90.1 Å². The van der Waals surface area contributed by atoms with E-state index in [2.05, 4.69) is 16.0 Å². The highest BCUT2D eigenvalue weighted by molar-refractivity contribution is 5.40. The molecule has 0 bridgehead atoms. The van der Waals surface area contributed by atoms with Crippen molar-refractivity contribution in [2.24, 2.45) is 0 Å². The molecule has 0 aliphatic rings. The average Bonchev–Trinajstić information content (AvgIpc) is 2.31. The van der Waals surface area contributed by atoms with Crippen LogP contribution < -0.4 is 9.64 Å². The van der Waals surface area contributed by atoms with Crippen LogP contribution in [-0.2, 0) is 0 Å². The van der Waals surface area contributed by atoms with E-state index in [0.717, 1.165) is 18.1 Å². The van der Waals surface area contributed by atoms with Gasteiger partial charge in [0.25, 0.3) is 0 Å². The van der Waals surface area contributed by atoms with Crippen LogP contribution in [-0.4, -0.2) is 25.2 Å². The second-order valence-electron chi connectivity index (χ2n) is 3.04. The first-order valence-electron chi connectivity index (χ1n) is 4.93. The number of methoxy groups -OCH3 is 1. The standard InChI is InChI=1S/C11H15N3O/c1-3-14(8-4-7-12)11-6-5-10(15-2)9-13-11/h5-6,9H,3-4,8H2,1-2H3. The molecular formula is C11H15N3O. The first-order valence-corrected chi connectivity index (χ1v) is 4.93. The maximum Gasteiger partial charge on any atom is 0.137 e. The fourth-order valence-electron chi connectivity index (χ4n) is 1.30. The summed E-state index contributed by atoms with van der Waals surface area (Å²) < 4.78 is 5.03. The molecule has 0 radical (unpaired) electrons. The summed E-state index contributed by atoms with van der Waals surface area (Å²) in [6.45, 7) is 3.61. The first-order chi connectivity index (χ1) is 7.31. The third-order valence-electron chi connectivity index (χ3n) is 2.16. The van der Waals surface area contributed by atoms with Crippen molar-refractivity contribution < 1.29 is 4.74 Å². The summed E-state index contributed by atoms with van der Waals surface area (Å²) in [6, 6.07) is 5.91. The highest BCUT2D eigenvalue weighted by atomic mass is 16.5. The quantitative estimate of drug-likeness (QED) is 0.735. The number of nitriles is 1. The Kier molecular flexibility index (Phi) is 4.42. The van der Waals surface area contributed by atoms with Gasteiger partial charge >= 0.3 is 0 Å². The lowest BCUT2D eigenvalue weighted by Gasteiger charge is -2.20. The van der Waals surface area contributed by atoms with Crippen LogP contribution in [0.2, 0.25) is 0 Å². The molecule has 0 saturated carbocycles. The molecule has 0 aliphatic carbocycles. The van der Waals surface area contributed by atoms with Gasteiger partial charge in [0, 0.05) is 13.1 Å². The predicted molar refractivity (Wildman–Crippen MR) is 58.9 cm³/mol. The molecule has 4 nitrogen and oxygen atoms in total. The number of aromatic nitrogens is 1. The maximum absolute atomic E-state index is 8.52. The molecular weight excluding hydrogens is 190 g/mol. The molecule has 0 atom stereocenters. The Balaban J connectivity index is 2.70. The van der Waals surface area contributed by atoms with E-state index in [0.29, 0.717) is 13.0 Å². The van der Waals surface area contributed by atoms with E-state index in [4.69, 9.17) is 10.00 Å². The smallest absolute Gasteiger partial charge is 0.137 e. The Hall–Kier alpha value is -1.76. The second-order valence-corrected chi connectivity index (χ2v) is 3.04. The number of pyridine rings is 1. The minimum atomic E-state index is 0.515. The summed E-state index contributed by atoms with van der Waals surface area (Å²) in [6.07, 6.45) is 2.20. The molecule has 0 aliphatic heterocycles. The number of anilines is 1. The number of ether oxygens (including phenoxy) is 1. The van der Waals surface area contributed by atoms with E-state index in [1.54, 1.807) is 13.3 Å². The van der Waals surface area contributed by atoms with Gasteiger partial charge in [0.15, 0.2) is 0 Å². The predicted octanol–water partition coefficient (Wildman–Crippen LogP) is 1.83. The Morgan fingerprint density at radius 2 is 2.33 bits per heavy atom. The van der Waals surface area contributed by atoms with Gasteiger partial charge in [-0.25, -0.2) is 4.98 Å². The molecule has 1 rings (SSSR count). The Morgan fingerprint density at radius 1 is 1.53 bits per heavy atom. The molecule has 1 aromatic rings. The van der Waals surface area contributed by atoms with Gasteiger partial charge in [0.2, 0.25) is 0 Å². The summed E-state index contributed by atoms with van der Waals surface area (Å²) in [4.78, 5) is 6.32. The molecule has 0 spiro atoms. The normalized spacial score (nSPS) is 9.40. The van der Waals surface area contributed by atoms with E-state index in [1.165, 1.54) is 0 Å². The molecule has 0 fully saturated rings. The van der Waals surface area contributed by atoms with Gasteiger partial charge in [-0.2, -0.15) is 5.26 Å². The minimum absolute atomic E-state index is 0.515. The number of nitrogens with zero attached hydrogens (tertiary/aromatic N) is 3. The third kappa shape index (κ3) is 3.13. The van der Waals surface area contributed by atoms with Crippen molar-refractivity contribution in [3.63, 3.8) is 0 Å². The van der Waals surface area contributed by atoms with Crippen molar-refractivity contribution >= 4 is 5.82 Å². The SMILES string of the molecule is CCN(CCC#N)c1ccc(OC)cn1. The lowest BCUT2D eigenvalue weighted by atomic mass is 10.3. The summed E-state index contributed by atoms with van der Waals surface area (Å²) >= 11 is 0. The van der Waals surface area contributed by atoms with Crippen molar-refractivity contribution in [1.29, 1.82) is 5.26 Å². The van der Waals surface area contributed by atoms with E-state index in [-0.39, 0.29) is 0 Å². The van der Waals surface area contributed by atoms with Crippen LogP contribution in [0.4, 0.5) is 5.82 Å². The summed E-state index contributed by atoms with van der Waals surface area (Å²) in [5, 5.41) is 8.52. The van der Waals surface area contributed by atoms with Crippen molar-refractivity contribution in [2.75, 3.05) is 25.1 Å². The van der Waals surface area contributed by atoms with Crippen LogP contribution in [0.1, 0.15) is 13.3 Å². The van der Waals surface area contributed by atoms with Crippen LogP contribution in [0.5, 0.6) is 5.75 Å². The van der Waals surface area contributed by atoms with E-state index < -0.39 is 0 Å². The van der Waals surface area contributed by atoms with Crippen molar-refractivity contribution in [2.45, 2.75) is 13.3 Å². The van der Waals surface area contributed by atoms with E-state index >= 15 is 0 Å². The fourth-order valence-corrected chi connectivity index (χ4v) is 1.30. The highest BCUT2D eigenvalue weighted by Crippen LogP contribution is 2.15. The number of rotatable bonds is 5. The summed E-state index contributed by atoms with van der Waals surface area (Å²) in [5.41, 5.74) is 0. The molecule has 0 unspecified atom stereocenters. The van der Waals surface area contributed by atoms with Gasteiger partial charge in [-0.3, -0.25) is 0 Å². The molecule has 15 heavy (non-hydrogen) atoms. The van der Waals surface area contributed by atoms with Gasteiger partial charge < -0.3 is 9.64 Å². The molecule has 1 heterocycles. The summed E-state index contributed by atoms with van der Waals surface area (Å²) in [7, 11) is 1.62. The van der Waals surface area contributed by atoms with Gasteiger partial charge in [-0.15, -0.1) is 0 Å². The lowest BCUT2D eigenvalue weighted by molar-refractivity contribution is 0.413. The van der Waals surface area contributed by atoms with Gasteiger partial charge in [-0.05, 0) is 19.1 Å². The first kappa shape index (κ1) is 11.3. The monoisotopic (exact) mass is 205 g/mol. The highest BCUT2D eigenvalue weighted by Gasteiger charge is 2.04. The fraction of sp³-hybridized carbons (Fsp3) is 0.455. The van der Waals surface area contributed by atoms with E-state index in [9.17, 15) is 0 Å². The third-order valence-corrected chi connectivity index (χ3v) is 2.16. The molecule has 1 aromatic heterocycles. The number of hydrogen-bond acceptors (Lipinski definition) is 4. The molecule has 0 aromatic carbocycles. The Bertz CT molecular complexity index is 329. The maximum atomic E-state index is 8.52. The second kappa shape index (κ2) is 5.86. The van der Waals surface area contributed by atoms with Gasteiger partial charge in [0.05, 0.1) is 25.8 Å². The zero-order chi connectivity index (χ0) is 11.1. The van der Waals surface area contributed by atoms with Crippen molar-refractivity contribution in [3.05, 3.63) is 18.3 Å². The zero-order valence-corrected chi connectivity index (χ0v) is 9.10. The molecule has 0 amide bonds. The van der Waals surface area contributed by atoms with Crippen molar-refractivity contribution in [1.82, 2.24) is 4.98 Å². The lowest BCUT2D eigenvalue weighted by Crippen LogP contribution is -2.24. The molecule has 80 valence electrons.